The number of carbonyl (C=O) groups excluding carboxylic acids is 2. The molecule has 1 fully saturated rings. The first-order chi connectivity index (χ1) is 12.6. The summed E-state index contributed by atoms with van der Waals surface area (Å²) in [4.78, 5) is 28.4. The van der Waals surface area contributed by atoms with Crippen LogP contribution < -0.4 is 9.64 Å². The number of anilines is 1. The zero-order valence-electron chi connectivity index (χ0n) is 14.6. The van der Waals surface area contributed by atoms with Crippen molar-refractivity contribution in [2.75, 3.05) is 31.6 Å². The standard InChI is InChI=1S/C20H21BrN2O3/c1-22(11-12-26-16-7-3-2-4-8-16)20(25)15-13-19(24)23(14-15)18-10-6-5-9-17(18)21/h2-10,15H,11-14H2,1H3/t15-/m1/s1. The van der Waals surface area contributed by atoms with Gasteiger partial charge in [0.1, 0.15) is 12.4 Å². The minimum atomic E-state index is -0.323. The number of ether oxygens (including phenoxy) is 1. The summed E-state index contributed by atoms with van der Waals surface area (Å²) in [5, 5.41) is 0. The minimum absolute atomic E-state index is 0.0236. The molecule has 0 N–H and O–H groups in total. The number of carbonyl (C=O) groups is 2. The molecule has 3 rings (SSSR count). The van der Waals surface area contributed by atoms with Gasteiger partial charge in [-0.05, 0) is 40.2 Å². The molecule has 6 heteroatoms. The first-order valence-electron chi connectivity index (χ1n) is 8.54. The van der Waals surface area contributed by atoms with Crippen LogP contribution >= 0.6 is 15.9 Å². The van der Waals surface area contributed by atoms with Crippen molar-refractivity contribution in [2.24, 2.45) is 5.92 Å². The molecule has 0 aromatic heterocycles. The summed E-state index contributed by atoms with van der Waals surface area (Å²) in [6.07, 6.45) is 0.240. The van der Waals surface area contributed by atoms with Crippen LogP contribution in [0, 0.1) is 5.92 Å². The van der Waals surface area contributed by atoms with Crippen LogP contribution in [0.15, 0.2) is 59.1 Å². The molecular formula is C20H21BrN2O3. The van der Waals surface area contributed by atoms with Crippen molar-refractivity contribution in [3.8, 4) is 5.75 Å². The van der Waals surface area contributed by atoms with E-state index in [2.05, 4.69) is 15.9 Å². The summed E-state index contributed by atoms with van der Waals surface area (Å²) in [5.74, 6) is 0.412. The summed E-state index contributed by atoms with van der Waals surface area (Å²) in [7, 11) is 1.75. The summed E-state index contributed by atoms with van der Waals surface area (Å²) < 4.78 is 6.49. The maximum absolute atomic E-state index is 12.7. The van der Waals surface area contributed by atoms with Crippen molar-refractivity contribution in [2.45, 2.75) is 6.42 Å². The second-order valence-corrected chi connectivity index (χ2v) is 7.13. The van der Waals surface area contributed by atoms with E-state index >= 15 is 0 Å². The summed E-state index contributed by atoms with van der Waals surface area (Å²) in [5.41, 5.74) is 0.808. The highest BCUT2D eigenvalue weighted by Gasteiger charge is 2.36. The number of halogens is 1. The van der Waals surface area contributed by atoms with Crippen LogP contribution in [0.2, 0.25) is 0 Å². The number of hydrogen-bond acceptors (Lipinski definition) is 3. The molecule has 0 aliphatic carbocycles. The molecule has 2 amide bonds. The number of rotatable bonds is 6. The van der Waals surface area contributed by atoms with Gasteiger partial charge in [-0.1, -0.05) is 30.3 Å². The molecule has 2 aromatic carbocycles. The molecule has 1 saturated heterocycles. The Bertz CT molecular complexity index is 782. The first kappa shape index (κ1) is 18.5. The van der Waals surface area contributed by atoms with Crippen LogP contribution in [-0.2, 0) is 9.59 Å². The highest BCUT2D eigenvalue weighted by molar-refractivity contribution is 9.10. The third-order valence-corrected chi connectivity index (χ3v) is 5.10. The lowest BCUT2D eigenvalue weighted by Gasteiger charge is -2.22. The SMILES string of the molecule is CN(CCOc1ccccc1)C(=O)[C@@H]1CC(=O)N(c2ccccc2Br)C1. The lowest BCUT2D eigenvalue weighted by molar-refractivity contribution is -0.134. The van der Waals surface area contributed by atoms with Crippen molar-refractivity contribution < 1.29 is 14.3 Å². The van der Waals surface area contributed by atoms with Crippen LogP contribution in [0.25, 0.3) is 0 Å². The van der Waals surface area contributed by atoms with Crippen LogP contribution in [0.3, 0.4) is 0 Å². The Morgan fingerprint density at radius 3 is 2.62 bits per heavy atom. The number of para-hydroxylation sites is 2. The van der Waals surface area contributed by atoms with Gasteiger partial charge in [0.15, 0.2) is 0 Å². The van der Waals surface area contributed by atoms with Crippen molar-refractivity contribution >= 4 is 33.4 Å². The van der Waals surface area contributed by atoms with E-state index in [1.54, 1.807) is 16.8 Å². The van der Waals surface area contributed by atoms with Crippen molar-refractivity contribution in [3.05, 3.63) is 59.1 Å². The molecule has 136 valence electrons. The quantitative estimate of drug-likeness (QED) is 0.725. The van der Waals surface area contributed by atoms with E-state index in [1.807, 2.05) is 54.6 Å². The normalized spacial score (nSPS) is 16.6. The van der Waals surface area contributed by atoms with Gasteiger partial charge in [-0.25, -0.2) is 0 Å². The molecule has 0 unspecified atom stereocenters. The van der Waals surface area contributed by atoms with E-state index < -0.39 is 0 Å². The van der Waals surface area contributed by atoms with Crippen molar-refractivity contribution in [1.82, 2.24) is 4.90 Å². The smallest absolute Gasteiger partial charge is 0.227 e. The van der Waals surface area contributed by atoms with Gasteiger partial charge in [0.2, 0.25) is 11.8 Å². The highest BCUT2D eigenvalue weighted by atomic mass is 79.9. The van der Waals surface area contributed by atoms with Gasteiger partial charge in [-0.2, -0.15) is 0 Å². The fourth-order valence-electron chi connectivity index (χ4n) is 3.02. The highest BCUT2D eigenvalue weighted by Crippen LogP contribution is 2.31. The molecule has 1 aliphatic rings. The Labute approximate surface area is 161 Å². The average Bonchev–Trinajstić information content (AvgIpc) is 3.04. The van der Waals surface area contributed by atoms with Gasteiger partial charge in [0, 0.05) is 24.5 Å². The van der Waals surface area contributed by atoms with Crippen LogP contribution in [0.1, 0.15) is 6.42 Å². The fourth-order valence-corrected chi connectivity index (χ4v) is 3.51. The van der Waals surface area contributed by atoms with Crippen molar-refractivity contribution in [3.63, 3.8) is 0 Å². The largest absolute Gasteiger partial charge is 0.492 e. The lowest BCUT2D eigenvalue weighted by Crippen LogP contribution is -2.37. The maximum atomic E-state index is 12.7. The first-order valence-corrected chi connectivity index (χ1v) is 9.33. The molecule has 1 atom stereocenters. The summed E-state index contributed by atoms with van der Waals surface area (Å²) in [6, 6.07) is 17.1. The molecule has 0 bridgehead atoms. The molecule has 1 heterocycles. The number of likely N-dealkylation sites (N-methyl/N-ethyl adjacent to an activating group) is 1. The second-order valence-electron chi connectivity index (χ2n) is 6.28. The Morgan fingerprint density at radius 1 is 1.19 bits per heavy atom. The second kappa shape index (κ2) is 8.36. The van der Waals surface area contributed by atoms with E-state index in [0.717, 1.165) is 15.9 Å². The number of amides is 2. The third kappa shape index (κ3) is 4.25. The molecule has 5 nitrogen and oxygen atoms in total. The Hall–Kier alpha value is -2.34. The topological polar surface area (TPSA) is 49.9 Å². The molecule has 2 aromatic rings. The van der Waals surface area contributed by atoms with Gasteiger partial charge in [-0.15, -0.1) is 0 Å². The maximum Gasteiger partial charge on any atom is 0.227 e. The van der Waals surface area contributed by atoms with E-state index in [4.69, 9.17) is 4.74 Å². The molecule has 0 spiro atoms. The van der Waals surface area contributed by atoms with Gasteiger partial charge in [0.05, 0.1) is 18.2 Å². The Kier molecular flexibility index (Phi) is 5.93. The van der Waals surface area contributed by atoms with Gasteiger partial charge in [0.25, 0.3) is 0 Å². The van der Waals surface area contributed by atoms with Crippen LogP contribution in [0.4, 0.5) is 5.69 Å². The fraction of sp³-hybridized carbons (Fsp3) is 0.300. The predicted octanol–water partition coefficient (Wildman–Crippen LogP) is 3.34. The van der Waals surface area contributed by atoms with Crippen LogP contribution in [-0.4, -0.2) is 43.5 Å². The van der Waals surface area contributed by atoms with Gasteiger partial charge < -0.3 is 14.5 Å². The molecule has 1 aliphatic heterocycles. The Balaban J connectivity index is 1.55. The molecule has 0 saturated carbocycles. The van der Waals surface area contributed by atoms with E-state index in [9.17, 15) is 9.59 Å². The molecule has 0 radical (unpaired) electrons. The van der Waals surface area contributed by atoms with Crippen LogP contribution in [0.5, 0.6) is 5.75 Å². The monoisotopic (exact) mass is 416 g/mol. The molecular weight excluding hydrogens is 396 g/mol. The van der Waals surface area contributed by atoms with E-state index in [0.29, 0.717) is 19.7 Å². The van der Waals surface area contributed by atoms with Gasteiger partial charge in [-0.3, -0.25) is 9.59 Å². The number of benzene rings is 2. The summed E-state index contributed by atoms with van der Waals surface area (Å²) >= 11 is 3.47. The third-order valence-electron chi connectivity index (χ3n) is 4.43. The Morgan fingerprint density at radius 2 is 1.88 bits per heavy atom. The minimum Gasteiger partial charge on any atom is -0.492 e. The zero-order chi connectivity index (χ0) is 18.5. The molecule has 26 heavy (non-hydrogen) atoms. The lowest BCUT2D eigenvalue weighted by atomic mass is 10.1. The van der Waals surface area contributed by atoms with E-state index in [1.165, 1.54) is 0 Å². The number of hydrogen-bond donors (Lipinski definition) is 0. The van der Waals surface area contributed by atoms with Crippen molar-refractivity contribution in [1.29, 1.82) is 0 Å². The average molecular weight is 417 g/mol. The number of nitrogens with zero attached hydrogens (tertiary/aromatic N) is 2. The predicted molar refractivity (Wildman–Crippen MR) is 104 cm³/mol. The summed E-state index contributed by atoms with van der Waals surface area (Å²) in [6.45, 7) is 1.30. The van der Waals surface area contributed by atoms with E-state index in [-0.39, 0.29) is 24.2 Å². The zero-order valence-corrected chi connectivity index (χ0v) is 16.2. The van der Waals surface area contributed by atoms with Gasteiger partial charge >= 0.3 is 0 Å².